The second-order valence-electron chi connectivity index (χ2n) is 4.98. The molecule has 0 atom stereocenters. The van der Waals surface area contributed by atoms with Crippen molar-refractivity contribution in [1.29, 1.82) is 0 Å². The van der Waals surface area contributed by atoms with Crippen LogP contribution in [0.1, 0.15) is 31.7 Å². The molecular formula is C14H21N3O2. The fourth-order valence-corrected chi connectivity index (χ4v) is 2.55. The molecule has 0 saturated carbocycles. The van der Waals surface area contributed by atoms with Gasteiger partial charge in [0.2, 0.25) is 0 Å². The molecule has 0 aliphatic carbocycles. The van der Waals surface area contributed by atoms with Gasteiger partial charge in [0.05, 0.1) is 4.92 Å². The van der Waals surface area contributed by atoms with E-state index in [1.165, 1.54) is 19.3 Å². The number of nitro groups is 1. The van der Waals surface area contributed by atoms with Gasteiger partial charge in [-0.2, -0.15) is 0 Å². The molecule has 0 unspecified atom stereocenters. The van der Waals surface area contributed by atoms with Gasteiger partial charge in [-0.3, -0.25) is 15.0 Å². The average molecular weight is 263 g/mol. The van der Waals surface area contributed by atoms with Crippen molar-refractivity contribution in [2.24, 2.45) is 0 Å². The molecule has 1 heterocycles. The summed E-state index contributed by atoms with van der Waals surface area (Å²) in [5, 5.41) is 14.0. The Kier molecular flexibility index (Phi) is 4.74. The molecule has 1 aliphatic rings. The van der Waals surface area contributed by atoms with E-state index in [0.717, 1.165) is 25.2 Å². The van der Waals surface area contributed by atoms with E-state index in [9.17, 15) is 10.1 Å². The van der Waals surface area contributed by atoms with Crippen LogP contribution in [0.15, 0.2) is 18.2 Å². The number of anilines is 1. The summed E-state index contributed by atoms with van der Waals surface area (Å²) in [6, 6.07) is 5.39. The number of nitrogens with one attached hydrogen (secondary N) is 1. The van der Waals surface area contributed by atoms with Crippen LogP contribution in [-0.4, -0.2) is 29.5 Å². The summed E-state index contributed by atoms with van der Waals surface area (Å²) in [5.41, 5.74) is 1.93. The minimum Gasteiger partial charge on any atom is -0.380 e. The van der Waals surface area contributed by atoms with Crippen LogP contribution in [0, 0.1) is 10.1 Å². The fourth-order valence-electron chi connectivity index (χ4n) is 2.55. The van der Waals surface area contributed by atoms with Crippen molar-refractivity contribution in [1.82, 2.24) is 4.90 Å². The highest BCUT2D eigenvalue weighted by Gasteiger charge is 2.15. The van der Waals surface area contributed by atoms with Gasteiger partial charge in [0.1, 0.15) is 5.69 Å². The van der Waals surface area contributed by atoms with Gasteiger partial charge in [0.25, 0.3) is 5.69 Å². The van der Waals surface area contributed by atoms with Crippen LogP contribution < -0.4 is 5.32 Å². The van der Waals surface area contributed by atoms with E-state index in [1.807, 2.05) is 19.1 Å². The molecule has 104 valence electrons. The maximum absolute atomic E-state index is 11.0. The summed E-state index contributed by atoms with van der Waals surface area (Å²) < 4.78 is 0. The van der Waals surface area contributed by atoms with Gasteiger partial charge in [0, 0.05) is 19.2 Å². The van der Waals surface area contributed by atoms with Gasteiger partial charge in [-0.15, -0.1) is 0 Å². The second-order valence-corrected chi connectivity index (χ2v) is 4.98. The molecule has 5 nitrogen and oxygen atoms in total. The van der Waals surface area contributed by atoms with Crippen molar-refractivity contribution in [3.63, 3.8) is 0 Å². The highest BCUT2D eigenvalue weighted by atomic mass is 16.6. The van der Waals surface area contributed by atoms with Crippen LogP contribution >= 0.6 is 0 Å². The average Bonchev–Trinajstić information content (AvgIpc) is 2.40. The Morgan fingerprint density at radius 3 is 2.68 bits per heavy atom. The second kappa shape index (κ2) is 6.52. The molecule has 1 aliphatic heterocycles. The third-order valence-corrected chi connectivity index (χ3v) is 3.48. The van der Waals surface area contributed by atoms with E-state index < -0.39 is 0 Å². The maximum atomic E-state index is 11.0. The molecule has 5 heteroatoms. The van der Waals surface area contributed by atoms with Crippen LogP contribution in [0.2, 0.25) is 0 Å². The normalized spacial score (nSPS) is 16.3. The minimum atomic E-state index is -0.331. The largest absolute Gasteiger partial charge is 0.380 e. The van der Waals surface area contributed by atoms with E-state index in [0.29, 0.717) is 12.2 Å². The SMILES string of the molecule is CCNc1cc(CN2CCCCC2)ccc1[N+](=O)[O-]. The van der Waals surface area contributed by atoms with Crippen molar-refractivity contribution in [3.05, 3.63) is 33.9 Å². The highest BCUT2D eigenvalue weighted by molar-refractivity contribution is 5.62. The molecule has 1 fully saturated rings. The predicted molar refractivity (Wildman–Crippen MR) is 76.4 cm³/mol. The van der Waals surface area contributed by atoms with E-state index in [4.69, 9.17) is 0 Å². The summed E-state index contributed by atoms with van der Waals surface area (Å²) in [5.74, 6) is 0. The topological polar surface area (TPSA) is 58.4 Å². The van der Waals surface area contributed by atoms with Crippen LogP contribution in [0.3, 0.4) is 0 Å². The third kappa shape index (κ3) is 3.67. The van der Waals surface area contributed by atoms with Crippen LogP contribution in [0.25, 0.3) is 0 Å². The predicted octanol–water partition coefficient (Wildman–Crippen LogP) is 3.01. The quantitative estimate of drug-likeness (QED) is 0.655. The van der Waals surface area contributed by atoms with Crippen molar-refractivity contribution in [2.45, 2.75) is 32.7 Å². The van der Waals surface area contributed by atoms with Gasteiger partial charge in [-0.1, -0.05) is 12.5 Å². The van der Waals surface area contributed by atoms with Crippen molar-refractivity contribution < 1.29 is 4.92 Å². The third-order valence-electron chi connectivity index (χ3n) is 3.48. The zero-order chi connectivity index (χ0) is 13.7. The number of nitrogens with zero attached hydrogens (tertiary/aromatic N) is 2. The molecule has 19 heavy (non-hydrogen) atoms. The minimum absolute atomic E-state index is 0.157. The summed E-state index contributed by atoms with van der Waals surface area (Å²) in [6.07, 6.45) is 3.83. The van der Waals surface area contributed by atoms with Crippen molar-refractivity contribution >= 4 is 11.4 Å². The van der Waals surface area contributed by atoms with Gasteiger partial charge in [-0.25, -0.2) is 0 Å². The number of benzene rings is 1. The lowest BCUT2D eigenvalue weighted by atomic mass is 10.1. The van der Waals surface area contributed by atoms with E-state index in [-0.39, 0.29) is 10.6 Å². The molecule has 0 aromatic heterocycles. The Morgan fingerprint density at radius 1 is 1.32 bits per heavy atom. The molecule has 0 spiro atoms. The lowest BCUT2D eigenvalue weighted by Crippen LogP contribution is -2.29. The van der Waals surface area contributed by atoms with E-state index >= 15 is 0 Å². The first kappa shape index (κ1) is 13.8. The number of piperidine rings is 1. The van der Waals surface area contributed by atoms with Crippen LogP contribution in [0.4, 0.5) is 11.4 Å². The molecule has 0 radical (unpaired) electrons. The Hall–Kier alpha value is -1.62. The molecule has 0 bridgehead atoms. The summed E-state index contributed by atoms with van der Waals surface area (Å²) >= 11 is 0. The summed E-state index contributed by atoms with van der Waals surface area (Å²) in [7, 11) is 0. The lowest BCUT2D eigenvalue weighted by molar-refractivity contribution is -0.384. The maximum Gasteiger partial charge on any atom is 0.292 e. The number of likely N-dealkylation sites (tertiary alicyclic amines) is 1. The monoisotopic (exact) mass is 263 g/mol. The molecule has 0 amide bonds. The molecule has 1 N–H and O–H groups in total. The molecule has 1 aromatic rings. The van der Waals surface area contributed by atoms with Gasteiger partial charge in [-0.05, 0) is 44.5 Å². The zero-order valence-corrected chi connectivity index (χ0v) is 11.4. The Morgan fingerprint density at radius 2 is 2.05 bits per heavy atom. The number of nitro benzene ring substituents is 1. The Balaban J connectivity index is 2.12. The molecule has 1 saturated heterocycles. The molecular weight excluding hydrogens is 242 g/mol. The van der Waals surface area contributed by atoms with Gasteiger partial charge < -0.3 is 5.32 Å². The number of hydrogen-bond acceptors (Lipinski definition) is 4. The van der Waals surface area contributed by atoms with Crippen molar-refractivity contribution in [3.8, 4) is 0 Å². The van der Waals surface area contributed by atoms with Gasteiger partial charge >= 0.3 is 0 Å². The smallest absolute Gasteiger partial charge is 0.292 e. The molecule has 2 rings (SSSR count). The number of rotatable bonds is 5. The van der Waals surface area contributed by atoms with Gasteiger partial charge in [0.15, 0.2) is 0 Å². The first-order valence-electron chi connectivity index (χ1n) is 6.94. The van der Waals surface area contributed by atoms with E-state index in [1.54, 1.807) is 6.07 Å². The summed E-state index contributed by atoms with van der Waals surface area (Å²) in [6.45, 7) is 5.78. The first-order valence-corrected chi connectivity index (χ1v) is 6.94. The lowest BCUT2D eigenvalue weighted by Gasteiger charge is -2.26. The first-order chi connectivity index (χ1) is 9.20. The molecule has 1 aromatic carbocycles. The fraction of sp³-hybridized carbons (Fsp3) is 0.571. The number of hydrogen-bond donors (Lipinski definition) is 1. The van der Waals surface area contributed by atoms with Crippen LogP contribution in [-0.2, 0) is 6.54 Å². The Labute approximate surface area is 113 Å². The van der Waals surface area contributed by atoms with Crippen LogP contribution in [0.5, 0.6) is 0 Å². The Bertz CT molecular complexity index is 442. The highest BCUT2D eigenvalue weighted by Crippen LogP contribution is 2.26. The van der Waals surface area contributed by atoms with Crippen molar-refractivity contribution in [2.75, 3.05) is 25.0 Å². The standard InChI is InChI=1S/C14H21N3O2/c1-2-15-13-10-12(6-7-14(13)17(18)19)11-16-8-4-3-5-9-16/h6-7,10,15H,2-5,8-9,11H2,1H3. The zero-order valence-electron chi connectivity index (χ0n) is 11.4. The van der Waals surface area contributed by atoms with E-state index in [2.05, 4.69) is 10.2 Å². The summed E-state index contributed by atoms with van der Waals surface area (Å²) in [4.78, 5) is 13.0.